The van der Waals surface area contributed by atoms with Crippen LogP contribution in [-0.4, -0.2) is 19.2 Å². The first-order valence-corrected chi connectivity index (χ1v) is 6.89. The molecular formula is C15H17F3N2O. The summed E-state index contributed by atoms with van der Waals surface area (Å²) in [6.07, 6.45) is -0.852. The monoisotopic (exact) mass is 298 g/mol. The van der Waals surface area contributed by atoms with Crippen molar-refractivity contribution in [1.29, 1.82) is 5.26 Å². The van der Waals surface area contributed by atoms with Gasteiger partial charge in [0.1, 0.15) is 5.75 Å². The van der Waals surface area contributed by atoms with Crippen LogP contribution >= 0.6 is 0 Å². The molecule has 0 spiro atoms. The molecule has 0 bridgehead atoms. The number of alkyl halides is 3. The molecule has 3 nitrogen and oxygen atoms in total. The summed E-state index contributed by atoms with van der Waals surface area (Å²) in [6, 6.07) is 5.43. The molecule has 1 fully saturated rings. The number of rotatable bonds is 3. The average molecular weight is 298 g/mol. The summed E-state index contributed by atoms with van der Waals surface area (Å²) in [7, 11) is 1.92. The summed E-state index contributed by atoms with van der Waals surface area (Å²) in [6.45, 7) is 0. The van der Waals surface area contributed by atoms with E-state index < -0.39 is 17.3 Å². The van der Waals surface area contributed by atoms with Gasteiger partial charge in [-0.25, -0.2) is 0 Å². The van der Waals surface area contributed by atoms with Crippen LogP contribution in [0.15, 0.2) is 18.2 Å². The topological polar surface area (TPSA) is 45.0 Å². The lowest BCUT2D eigenvalue weighted by atomic mass is 9.93. The molecule has 1 aromatic carbocycles. The fourth-order valence-corrected chi connectivity index (χ4v) is 2.60. The van der Waals surface area contributed by atoms with E-state index in [1.807, 2.05) is 7.05 Å². The Hall–Kier alpha value is -1.74. The van der Waals surface area contributed by atoms with Gasteiger partial charge in [-0.2, -0.15) is 18.4 Å². The largest absolute Gasteiger partial charge is 0.490 e. The Morgan fingerprint density at radius 1 is 1.24 bits per heavy atom. The van der Waals surface area contributed by atoms with Gasteiger partial charge in [0.25, 0.3) is 0 Å². The first kappa shape index (κ1) is 15.6. The maximum atomic E-state index is 12.7. The molecule has 0 heterocycles. The SMILES string of the molecule is CNC1CCC(Oc2ccc(C(F)(F)F)c(C#N)c2)CC1. The number of hydrogen-bond acceptors (Lipinski definition) is 3. The fourth-order valence-electron chi connectivity index (χ4n) is 2.60. The van der Waals surface area contributed by atoms with Crippen LogP contribution in [0.25, 0.3) is 0 Å². The van der Waals surface area contributed by atoms with E-state index in [9.17, 15) is 13.2 Å². The molecule has 0 saturated heterocycles. The van der Waals surface area contributed by atoms with Crippen molar-refractivity contribution < 1.29 is 17.9 Å². The number of hydrogen-bond donors (Lipinski definition) is 1. The first-order chi connectivity index (χ1) is 9.94. The molecule has 0 aliphatic heterocycles. The van der Waals surface area contributed by atoms with Crippen molar-refractivity contribution in [3.05, 3.63) is 29.3 Å². The molecule has 21 heavy (non-hydrogen) atoms. The number of nitrogens with zero attached hydrogens (tertiary/aromatic N) is 1. The highest BCUT2D eigenvalue weighted by atomic mass is 19.4. The van der Waals surface area contributed by atoms with E-state index in [0.29, 0.717) is 11.8 Å². The molecular weight excluding hydrogens is 281 g/mol. The van der Waals surface area contributed by atoms with Gasteiger partial charge in [0.05, 0.1) is 23.3 Å². The summed E-state index contributed by atoms with van der Waals surface area (Å²) in [4.78, 5) is 0. The molecule has 0 atom stereocenters. The lowest BCUT2D eigenvalue weighted by molar-refractivity contribution is -0.137. The van der Waals surface area contributed by atoms with Gasteiger partial charge in [-0.15, -0.1) is 0 Å². The second-order valence-electron chi connectivity index (χ2n) is 5.20. The number of benzene rings is 1. The van der Waals surface area contributed by atoms with E-state index >= 15 is 0 Å². The van der Waals surface area contributed by atoms with Crippen LogP contribution in [0.2, 0.25) is 0 Å². The highest BCUT2D eigenvalue weighted by Gasteiger charge is 2.33. The molecule has 0 amide bonds. The van der Waals surface area contributed by atoms with Crippen molar-refractivity contribution in [3.8, 4) is 11.8 Å². The molecule has 1 aromatic rings. The quantitative estimate of drug-likeness (QED) is 0.929. The lowest BCUT2D eigenvalue weighted by Crippen LogP contribution is -2.34. The number of halogens is 3. The minimum Gasteiger partial charge on any atom is -0.490 e. The molecule has 0 radical (unpaired) electrons. The Morgan fingerprint density at radius 3 is 2.43 bits per heavy atom. The minimum atomic E-state index is -4.52. The Kier molecular flexibility index (Phi) is 4.73. The lowest BCUT2D eigenvalue weighted by Gasteiger charge is -2.28. The molecule has 114 valence electrons. The first-order valence-electron chi connectivity index (χ1n) is 6.89. The summed E-state index contributed by atoms with van der Waals surface area (Å²) >= 11 is 0. The average Bonchev–Trinajstić information content (AvgIpc) is 2.46. The smallest absolute Gasteiger partial charge is 0.417 e. The van der Waals surface area contributed by atoms with Gasteiger partial charge in [-0.3, -0.25) is 0 Å². The Labute approximate surface area is 121 Å². The molecule has 6 heteroatoms. The van der Waals surface area contributed by atoms with Gasteiger partial charge in [-0.1, -0.05) is 0 Å². The van der Waals surface area contributed by atoms with E-state index in [4.69, 9.17) is 10.00 Å². The summed E-state index contributed by atoms with van der Waals surface area (Å²) < 4.78 is 43.8. The van der Waals surface area contributed by atoms with E-state index in [1.165, 1.54) is 12.1 Å². The third-order valence-corrected chi connectivity index (χ3v) is 3.80. The van der Waals surface area contributed by atoms with Gasteiger partial charge < -0.3 is 10.1 Å². The number of ether oxygens (including phenoxy) is 1. The Morgan fingerprint density at radius 2 is 1.90 bits per heavy atom. The van der Waals surface area contributed by atoms with Crippen molar-refractivity contribution in [2.45, 2.75) is 44.0 Å². The maximum absolute atomic E-state index is 12.7. The van der Waals surface area contributed by atoms with Gasteiger partial charge >= 0.3 is 6.18 Å². The van der Waals surface area contributed by atoms with Crippen LogP contribution in [0.3, 0.4) is 0 Å². The Bertz CT molecular complexity index is 529. The van der Waals surface area contributed by atoms with E-state index in [2.05, 4.69) is 5.32 Å². The molecule has 1 saturated carbocycles. The predicted molar refractivity (Wildman–Crippen MR) is 71.9 cm³/mol. The third-order valence-electron chi connectivity index (χ3n) is 3.80. The van der Waals surface area contributed by atoms with Crippen LogP contribution in [0.1, 0.15) is 36.8 Å². The minimum absolute atomic E-state index is 0.00196. The van der Waals surface area contributed by atoms with E-state index in [1.54, 1.807) is 6.07 Å². The van der Waals surface area contributed by atoms with Crippen molar-refractivity contribution in [2.24, 2.45) is 0 Å². The summed E-state index contributed by atoms with van der Waals surface area (Å²) in [5, 5.41) is 12.1. The van der Waals surface area contributed by atoms with Crippen molar-refractivity contribution in [3.63, 3.8) is 0 Å². The maximum Gasteiger partial charge on any atom is 0.417 e. The van der Waals surface area contributed by atoms with Crippen LogP contribution in [0.4, 0.5) is 13.2 Å². The molecule has 0 aromatic heterocycles. The normalized spacial score (nSPS) is 22.6. The predicted octanol–water partition coefficient (Wildman–Crippen LogP) is 3.49. The Balaban J connectivity index is 2.07. The van der Waals surface area contributed by atoms with Crippen molar-refractivity contribution in [1.82, 2.24) is 5.32 Å². The zero-order valence-electron chi connectivity index (χ0n) is 11.7. The molecule has 1 aliphatic carbocycles. The van der Waals surface area contributed by atoms with E-state index in [0.717, 1.165) is 31.7 Å². The highest BCUT2D eigenvalue weighted by molar-refractivity contribution is 5.44. The van der Waals surface area contributed by atoms with Gasteiger partial charge in [-0.05, 0) is 50.9 Å². The van der Waals surface area contributed by atoms with Crippen LogP contribution < -0.4 is 10.1 Å². The van der Waals surface area contributed by atoms with Crippen molar-refractivity contribution in [2.75, 3.05) is 7.05 Å². The highest BCUT2D eigenvalue weighted by Crippen LogP contribution is 2.34. The standard InChI is InChI=1S/C15H17F3N2O/c1-20-11-2-4-12(5-3-11)21-13-6-7-14(15(16,17)18)10(8-13)9-19/h6-8,11-12,20H,2-5H2,1H3. The molecule has 0 unspecified atom stereocenters. The molecule has 2 rings (SSSR count). The van der Waals surface area contributed by atoms with Gasteiger partial charge in [0.15, 0.2) is 0 Å². The zero-order valence-corrected chi connectivity index (χ0v) is 11.7. The van der Waals surface area contributed by atoms with E-state index in [-0.39, 0.29) is 6.10 Å². The summed E-state index contributed by atoms with van der Waals surface area (Å²) in [5.74, 6) is 0.326. The van der Waals surface area contributed by atoms with Crippen LogP contribution in [0, 0.1) is 11.3 Å². The molecule has 1 aliphatic rings. The van der Waals surface area contributed by atoms with Gasteiger partial charge in [0.2, 0.25) is 0 Å². The number of nitrogens with one attached hydrogen (secondary N) is 1. The number of nitriles is 1. The molecule has 1 N–H and O–H groups in total. The summed E-state index contributed by atoms with van der Waals surface area (Å²) in [5.41, 5.74) is -1.32. The fraction of sp³-hybridized carbons (Fsp3) is 0.533. The van der Waals surface area contributed by atoms with Crippen molar-refractivity contribution >= 4 is 0 Å². The van der Waals surface area contributed by atoms with Gasteiger partial charge in [0, 0.05) is 6.04 Å². The second-order valence-corrected chi connectivity index (χ2v) is 5.20. The van der Waals surface area contributed by atoms with Crippen LogP contribution in [-0.2, 0) is 6.18 Å². The second kappa shape index (κ2) is 6.35. The third kappa shape index (κ3) is 3.88. The van der Waals surface area contributed by atoms with Crippen LogP contribution in [0.5, 0.6) is 5.75 Å². The zero-order chi connectivity index (χ0) is 15.5.